The summed E-state index contributed by atoms with van der Waals surface area (Å²) in [5, 5.41) is 0.360. The van der Waals surface area contributed by atoms with Crippen LogP contribution < -0.4 is 9.62 Å². The Morgan fingerprint density at radius 1 is 1.04 bits per heavy atom. The number of pyridine rings is 1. The molecule has 0 bridgehead atoms. The number of hydrogen-bond acceptors (Lipinski definition) is 4. The van der Waals surface area contributed by atoms with Gasteiger partial charge in [0, 0.05) is 18.6 Å². The molecule has 7 heteroatoms. The van der Waals surface area contributed by atoms with Crippen molar-refractivity contribution in [2.75, 3.05) is 16.7 Å². The number of sulfonamides is 1. The van der Waals surface area contributed by atoms with Crippen molar-refractivity contribution in [2.45, 2.75) is 11.4 Å². The van der Waals surface area contributed by atoms with E-state index in [2.05, 4.69) is 21.8 Å². The molecule has 0 fully saturated rings. The van der Waals surface area contributed by atoms with Gasteiger partial charge in [-0.2, -0.15) is 0 Å². The Kier molecular flexibility index (Phi) is 5.44. The molecular weight excluding hydrogens is 370 g/mol. The van der Waals surface area contributed by atoms with Gasteiger partial charge in [0.1, 0.15) is 5.82 Å². The zero-order valence-electron chi connectivity index (χ0n) is 14.1. The van der Waals surface area contributed by atoms with Gasteiger partial charge in [-0.15, -0.1) is 0 Å². The van der Waals surface area contributed by atoms with Gasteiger partial charge in [0.25, 0.3) is 10.0 Å². The number of nitrogens with zero attached hydrogens (tertiary/aromatic N) is 2. The molecule has 0 saturated heterocycles. The standard InChI is InChI=1S/C19H18ClN3O2S/c1-23(14-15-6-3-2-4-7-15)17-10-11-19(21-13-17)22-26(24,25)18-9-5-8-16(20)12-18/h2-13H,14H2,1H3,(H,21,22). The van der Waals surface area contributed by atoms with Gasteiger partial charge in [-0.3, -0.25) is 4.72 Å². The van der Waals surface area contributed by atoms with Crippen LogP contribution in [0.25, 0.3) is 0 Å². The third kappa shape index (κ3) is 4.53. The smallest absolute Gasteiger partial charge is 0.263 e. The Bertz CT molecular complexity index is 977. The van der Waals surface area contributed by atoms with E-state index in [4.69, 9.17) is 11.6 Å². The summed E-state index contributed by atoms with van der Waals surface area (Å²) in [6.07, 6.45) is 1.64. The lowest BCUT2D eigenvalue weighted by molar-refractivity contribution is 0.601. The van der Waals surface area contributed by atoms with E-state index in [9.17, 15) is 8.42 Å². The van der Waals surface area contributed by atoms with Crippen molar-refractivity contribution in [3.05, 3.63) is 83.5 Å². The lowest BCUT2D eigenvalue weighted by Gasteiger charge is -2.19. The van der Waals surface area contributed by atoms with Crippen LogP contribution in [-0.4, -0.2) is 20.4 Å². The second-order valence-corrected chi connectivity index (χ2v) is 7.93. The molecule has 2 aromatic carbocycles. The lowest BCUT2D eigenvalue weighted by atomic mass is 10.2. The highest BCUT2D eigenvalue weighted by Crippen LogP contribution is 2.20. The van der Waals surface area contributed by atoms with Crippen molar-refractivity contribution in [1.82, 2.24) is 4.98 Å². The van der Waals surface area contributed by atoms with Crippen LogP contribution in [0.1, 0.15) is 5.56 Å². The number of benzene rings is 2. The summed E-state index contributed by atoms with van der Waals surface area (Å²) >= 11 is 5.86. The van der Waals surface area contributed by atoms with Crippen molar-refractivity contribution in [2.24, 2.45) is 0 Å². The zero-order chi connectivity index (χ0) is 18.6. The van der Waals surface area contributed by atoms with Crippen LogP contribution in [0.3, 0.4) is 0 Å². The Morgan fingerprint density at radius 3 is 2.46 bits per heavy atom. The first-order chi connectivity index (χ1) is 12.4. The summed E-state index contributed by atoms with van der Waals surface area (Å²) < 4.78 is 27.2. The second kappa shape index (κ2) is 7.76. The molecule has 1 aromatic heterocycles. The first-order valence-corrected chi connectivity index (χ1v) is 9.80. The Hall–Kier alpha value is -2.57. The molecule has 26 heavy (non-hydrogen) atoms. The number of hydrogen-bond donors (Lipinski definition) is 1. The van der Waals surface area contributed by atoms with E-state index < -0.39 is 10.0 Å². The molecular formula is C19H18ClN3O2S. The van der Waals surface area contributed by atoms with E-state index in [1.165, 1.54) is 17.7 Å². The number of aromatic nitrogens is 1. The molecule has 1 heterocycles. The number of nitrogens with one attached hydrogen (secondary N) is 1. The molecule has 0 unspecified atom stereocenters. The van der Waals surface area contributed by atoms with Crippen molar-refractivity contribution < 1.29 is 8.42 Å². The monoisotopic (exact) mass is 387 g/mol. The number of rotatable bonds is 6. The van der Waals surface area contributed by atoms with Crippen LogP contribution in [0.15, 0.2) is 77.8 Å². The zero-order valence-corrected chi connectivity index (χ0v) is 15.7. The first kappa shape index (κ1) is 18.2. The van der Waals surface area contributed by atoms with Crippen molar-refractivity contribution in [1.29, 1.82) is 0 Å². The van der Waals surface area contributed by atoms with Gasteiger partial charge >= 0.3 is 0 Å². The molecule has 0 aliphatic heterocycles. The highest BCUT2D eigenvalue weighted by atomic mass is 35.5. The van der Waals surface area contributed by atoms with Crippen molar-refractivity contribution in [3.63, 3.8) is 0 Å². The van der Waals surface area contributed by atoms with Gasteiger partial charge in [0.05, 0.1) is 16.8 Å². The summed E-state index contributed by atoms with van der Waals surface area (Å²) in [7, 11) is -1.77. The van der Waals surface area contributed by atoms with Crippen molar-refractivity contribution in [3.8, 4) is 0 Å². The summed E-state index contributed by atoms with van der Waals surface area (Å²) in [5.41, 5.74) is 2.07. The van der Waals surface area contributed by atoms with E-state index in [0.717, 1.165) is 12.2 Å². The quantitative estimate of drug-likeness (QED) is 0.689. The minimum atomic E-state index is -3.73. The minimum Gasteiger partial charge on any atom is -0.369 e. The molecule has 0 aliphatic rings. The molecule has 5 nitrogen and oxygen atoms in total. The number of anilines is 2. The van der Waals surface area contributed by atoms with Gasteiger partial charge in [0.15, 0.2) is 0 Å². The highest BCUT2D eigenvalue weighted by Gasteiger charge is 2.15. The predicted molar refractivity (Wildman–Crippen MR) is 105 cm³/mol. The van der Waals surface area contributed by atoms with Crippen LogP contribution in [0.4, 0.5) is 11.5 Å². The van der Waals surface area contributed by atoms with Crippen LogP contribution >= 0.6 is 11.6 Å². The lowest BCUT2D eigenvalue weighted by Crippen LogP contribution is -2.17. The maximum Gasteiger partial charge on any atom is 0.263 e. The third-order valence-corrected chi connectivity index (χ3v) is 5.38. The minimum absolute atomic E-state index is 0.0945. The van der Waals surface area contributed by atoms with Gasteiger partial charge in [-0.25, -0.2) is 13.4 Å². The van der Waals surface area contributed by atoms with E-state index >= 15 is 0 Å². The second-order valence-electron chi connectivity index (χ2n) is 5.81. The molecule has 0 amide bonds. The highest BCUT2D eigenvalue weighted by molar-refractivity contribution is 7.92. The van der Waals surface area contributed by atoms with Gasteiger partial charge in [-0.1, -0.05) is 48.0 Å². The third-order valence-electron chi connectivity index (χ3n) is 3.80. The van der Waals surface area contributed by atoms with Crippen LogP contribution in [0.2, 0.25) is 5.02 Å². The Balaban J connectivity index is 1.71. The first-order valence-electron chi connectivity index (χ1n) is 7.93. The normalized spacial score (nSPS) is 11.2. The summed E-state index contributed by atoms with van der Waals surface area (Å²) in [6.45, 7) is 0.732. The summed E-state index contributed by atoms with van der Waals surface area (Å²) in [5.74, 6) is 0.252. The molecule has 0 spiro atoms. The topological polar surface area (TPSA) is 62.3 Å². The van der Waals surface area contributed by atoms with E-state index in [1.807, 2.05) is 36.2 Å². The SMILES string of the molecule is CN(Cc1ccccc1)c1ccc(NS(=O)(=O)c2cccc(Cl)c2)nc1. The van der Waals surface area contributed by atoms with Gasteiger partial charge in [-0.05, 0) is 35.9 Å². The molecule has 0 saturated carbocycles. The fourth-order valence-corrected chi connectivity index (χ4v) is 3.76. The fourth-order valence-electron chi connectivity index (χ4n) is 2.45. The molecule has 3 rings (SSSR count). The molecule has 1 N–H and O–H groups in total. The Labute approximate surface area is 158 Å². The predicted octanol–water partition coefficient (Wildman–Crippen LogP) is 4.17. The molecule has 134 valence electrons. The summed E-state index contributed by atoms with van der Waals surface area (Å²) in [4.78, 5) is 6.34. The van der Waals surface area contributed by atoms with Gasteiger partial charge in [0.2, 0.25) is 0 Å². The van der Waals surface area contributed by atoms with E-state index in [0.29, 0.717) is 5.02 Å². The molecule has 0 atom stereocenters. The van der Waals surface area contributed by atoms with Crippen LogP contribution in [0, 0.1) is 0 Å². The fraction of sp³-hybridized carbons (Fsp3) is 0.105. The van der Waals surface area contributed by atoms with Crippen LogP contribution in [-0.2, 0) is 16.6 Å². The average Bonchev–Trinajstić information content (AvgIpc) is 2.63. The van der Waals surface area contributed by atoms with Crippen molar-refractivity contribution >= 4 is 33.1 Å². The Morgan fingerprint density at radius 2 is 1.81 bits per heavy atom. The molecule has 0 radical (unpaired) electrons. The maximum absolute atomic E-state index is 12.4. The molecule has 0 aliphatic carbocycles. The van der Waals surface area contributed by atoms with Crippen LogP contribution in [0.5, 0.6) is 0 Å². The molecule has 3 aromatic rings. The maximum atomic E-state index is 12.4. The average molecular weight is 388 g/mol. The van der Waals surface area contributed by atoms with E-state index in [-0.39, 0.29) is 10.7 Å². The van der Waals surface area contributed by atoms with Gasteiger partial charge < -0.3 is 4.90 Å². The largest absolute Gasteiger partial charge is 0.369 e. The number of halogens is 1. The summed E-state index contributed by atoms with van der Waals surface area (Å²) in [6, 6.07) is 19.6. The van der Waals surface area contributed by atoms with E-state index in [1.54, 1.807) is 24.4 Å².